The predicted molar refractivity (Wildman–Crippen MR) is 164 cm³/mol. The fourth-order valence-electron chi connectivity index (χ4n) is 4.74. The van der Waals surface area contributed by atoms with E-state index in [2.05, 4.69) is 15.3 Å². The Morgan fingerprint density at radius 3 is 2.52 bits per heavy atom. The molecule has 0 spiro atoms. The Kier molecular flexibility index (Phi) is 7.52. The number of ether oxygens (including phenoxy) is 1. The topological polar surface area (TPSA) is 120 Å². The van der Waals surface area contributed by atoms with Crippen molar-refractivity contribution >= 4 is 28.6 Å². The van der Waals surface area contributed by atoms with Gasteiger partial charge in [-0.3, -0.25) is 9.36 Å². The first kappa shape index (κ1) is 27.0. The van der Waals surface area contributed by atoms with Gasteiger partial charge in [0.2, 0.25) is 5.91 Å². The molecule has 0 atom stereocenters. The van der Waals surface area contributed by atoms with Crippen molar-refractivity contribution in [1.82, 2.24) is 24.4 Å². The van der Waals surface area contributed by atoms with Gasteiger partial charge >= 0.3 is 5.69 Å². The zero-order chi connectivity index (χ0) is 29.1. The lowest BCUT2D eigenvalue weighted by Crippen LogP contribution is -2.25. The van der Waals surface area contributed by atoms with Gasteiger partial charge in [0.05, 0.1) is 11.4 Å². The first-order valence-corrected chi connectivity index (χ1v) is 13.8. The van der Waals surface area contributed by atoms with Gasteiger partial charge < -0.3 is 20.7 Å². The molecule has 1 fully saturated rings. The van der Waals surface area contributed by atoms with Crippen LogP contribution in [0, 0.1) is 5.92 Å². The van der Waals surface area contributed by atoms with Gasteiger partial charge in [-0.15, -0.1) is 0 Å². The molecule has 10 nitrogen and oxygen atoms in total. The third-order valence-electron chi connectivity index (χ3n) is 7.18. The molecule has 1 amide bonds. The molecule has 2 aromatic heterocycles. The third kappa shape index (κ3) is 5.65. The Morgan fingerprint density at radius 2 is 1.76 bits per heavy atom. The van der Waals surface area contributed by atoms with Crippen LogP contribution in [-0.4, -0.2) is 45.1 Å². The summed E-state index contributed by atoms with van der Waals surface area (Å²) >= 11 is 0. The lowest BCUT2D eigenvalue weighted by atomic mass is 10.2. The SMILES string of the molecule is CN(C(=O)/C=C/CNCC1CC1)c1cccc(-n2c(=O)n(-c3ccc(Oc4ccccc4)cc3)c3c(N)ncnc32)c1. The Labute approximate surface area is 242 Å². The maximum atomic E-state index is 14.0. The summed E-state index contributed by atoms with van der Waals surface area (Å²) in [5.74, 6) is 2.12. The lowest BCUT2D eigenvalue weighted by molar-refractivity contribution is -0.113. The van der Waals surface area contributed by atoms with Crippen molar-refractivity contribution in [2.45, 2.75) is 12.8 Å². The van der Waals surface area contributed by atoms with Crippen molar-refractivity contribution in [1.29, 1.82) is 0 Å². The minimum Gasteiger partial charge on any atom is -0.457 e. The van der Waals surface area contributed by atoms with Crippen LogP contribution in [-0.2, 0) is 4.79 Å². The van der Waals surface area contributed by atoms with Gasteiger partial charge in [-0.25, -0.2) is 19.3 Å². The monoisotopic (exact) mass is 561 g/mol. The molecule has 3 N–H and O–H groups in total. The molecule has 0 unspecified atom stereocenters. The number of amides is 1. The molecular formula is C32H31N7O3. The maximum Gasteiger partial charge on any atom is 0.339 e. The minimum absolute atomic E-state index is 0.167. The molecular weight excluding hydrogens is 530 g/mol. The molecule has 1 aliphatic carbocycles. The number of likely N-dealkylation sites (N-methyl/N-ethyl adjacent to an activating group) is 1. The van der Waals surface area contributed by atoms with E-state index < -0.39 is 0 Å². The summed E-state index contributed by atoms with van der Waals surface area (Å²) in [6.45, 7) is 1.63. The molecule has 10 heteroatoms. The van der Waals surface area contributed by atoms with Gasteiger partial charge in [0.15, 0.2) is 11.5 Å². The van der Waals surface area contributed by atoms with E-state index in [1.165, 1.54) is 28.3 Å². The van der Waals surface area contributed by atoms with Gasteiger partial charge in [0, 0.05) is 25.4 Å². The van der Waals surface area contributed by atoms with E-state index in [0.29, 0.717) is 46.3 Å². The van der Waals surface area contributed by atoms with Crippen LogP contribution in [0.1, 0.15) is 12.8 Å². The van der Waals surface area contributed by atoms with E-state index in [-0.39, 0.29) is 17.4 Å². The van der Waals surface area contributed by atoms with Gasteiger partial charge in [-0.2, -0.15) is 0 Å². The largest absolute Gasteiger partial charge is 0.457 e. The number of nitrogens with two attached hydrogens (primary N) is 1. The predicted octanol–water partition coefficient (Wildman–Crippen LogP) is 4.46. The minimum atomic E-state index is -0.373. The maximum absolute atomic E-state index is 14.0. The number of para-hydroxylation sites is 1. The van der Waals surface area contributed by atoms with E-state index in [0.717, 1.165) is 12.5 Å². The highest BCUT2D eigenvalue weighted by molar-refractivity contribution is 6.01. The standard InChI is InChI=1S/C32H31N7O3/c1-37(28(40)11-6-18-34-20-22-12-13-22)24-7-5-8-25(19-24)39-31-29(30(33)35-21-36-31)38(32(39)41)23-14-16-27(17-15-23)42-26-9-3-2-4-10-26/h2-11,14-17,19,21-22,34H,12-13,18,20H2,1H3,(H2,33,35,36)/b11-6+. The van der Waals surface area contributed by atoms with Crippen molar-refractivity contribution in [3.05, 3.63) is 108 Å². The number of fused-ring (bicyclic) bond motifs is 1. The normalized spacial score (nSPS) is 13.1. The molecule has 0 radical (unpaired) electrons. The molecule has 5 aromatic rings. The van der Waals surface area contributed by atoms with E-state index >= 15 is 0 Å². The van der Waals surface area contributed by atoms with E-state index in [1.807, 2.05) is 42.5 Å². The average Bonchev–Trinajstić information content (AvgIpc) is 3.79. The number of hydrogen-bond donors (Lipinski definition) is 2. The summed E-state index contributed by atoms with van der Waals surface area (Å²) in [7, 11) is 1.70. The van der Waals surface area contributed by atoms with Crippen LogP contribution >= 0.6 is 0 Å². The molecule has 3 aromatic carbocycles. The number of carbonyl (C=O) groups is 1. The lowest BCUT2D eigenvalue weighted by Gasteiger charge is -2.16. The number of benzene rings is 3. The fourth-order valence-corrected chi connectivity index (χ4v) is 4.74. The first-order valence-electron chi connectivity index (χ1n) is 13.8. The molecule has 2 heterocycles. The van der Waals surface area contributed by atoms with Crippen molar-refractivity contribution in [2.24, 2.45) is 5.92 Å². The molecule has 0 bridgehead atoms. The second-order valence-electron chi connectivity index (χ2n) is 10.2. The van der Waals surface area contributed by atoms with Crippen molar-refractivity contribution in [3.63, 3.8) is 0 Å². The zero-order valence-corrected chi connectivity index (χ0v) is 23.2. The number of nitrogens with one attached hydrogen (secondary N) is 1. The van der Waals surface area contributed by atoms with Gasteiger partial charge in [-0.1, -0.05) is 30.3 Å². The Morgan fingerprint density at radius 1 is 1.00 bits per heavy atom. The van der Waals surface area contributed by atoms with Crippen molar-refractivity contribution < 1.29 is 9.53 Å². The molecule has 0 saturated heterocycles. The molecule has 1 aliphatic rings. The van der Waals surface area contributed by atoms with Crippen LogP contribution in [0.5, 0.6) is 11.5 Å². The van der Waals surface area contributed by atoms with Crippen LogP contribution < -0.4 is 26.4 Å². The average molecular weight is 562 g/mol. The van der Waals surface area contributed by atoms with Crippen LogP contribution in [0.15, 0.2) is 102 Å². The summed E-state index contributed by atoms with van der Waals surface area (Å²) < 4.78 is 8.86. The summed E-state index contributed by atoms with van der Waals surface area (Å²) in [5.41, 5.74) is 8.39. The van der Waals surface area contributed by atoms with Gasteiger partial charge in [-0.05, 0) is 79.9 Å². The number of aromatic nitrogens is 4. The highest BCUT2D eigenvalue weighted by atomic mass is 16.5. The fraction of sp³-hybridized carbons (Fsp3) is 0.188. The van der Waals surface area contributed by atoms with Gasteiger partial charge in [0.25, 0.3) is 0 Å². The Balaban J connectivity index is 1.30. The molecule has 1 saturated carbocycles. The smallest absolute Gasteiger partial charge is 0.339 e. The van der Waals surface area contributed by atoms with E-state index in [1.54, 1.807) is 60.5 Å². The van der Waals surface area contributed by atoms with Crippen LogP contribution in [0.25, 0.3) is 22.5 Å². The Bertz CT molecular complexity index is 1810. The summed E-state index contributed by atoms with van der Waals surface area (Å²) in [6.07, 6.45) is 7.29. The summed E-state index contributed by atoms with van der Waals surface area (Å²) in [5, 5.41) is 3.34. The van der Waals surface area contributed by atoms with Crippen molar-refractivity contribution in [3.8, 4) is 22.9 Å². The van der Waals surface area contributed by atoms with Gasteiger partial charge in [0.1, 0.15) is 23.3 Å². The number of nitrogen functional groups attached to an aromatic ring is 1. The van der Waals surface area contributed by atoms with Crippen LogP contribution in [0.4, 0.5) is 11.5 Å². The van der Waals surface area contributed by atoms with Crippen LogP contribution in [0.2, 0.25) is 0 Å². The van der Waals surface area contributed by atoms with Crippen LogP contribution in [0.3, 0.4) is 0 Å². The number of carbonyl (C=O) groups excluding carboxylic acids is 1. The number of imidazole rings is 1. The number of hydrogen-bond acceptors (Lipinski definition) is 7. The highest BCUT2D eigenvalue weighted by Crippen LogP contribution is 2.28. The Hall–Kier alpha value is -5.22. The molecule has 6 rings (SSSR count). The molecule has 212 valence electrons. The van der Waals surface area contributed by atoms with E-state index in [9.17, 15) is 9.59 Å². The number of anilines is 2. The molecule has 42 heavy (non-hydrogen) atoms. The summed E-state index contributed by atoms with van der Waals surface area (Å²) in [6, 6.07) is 23.8. The highest BCUT2D eigenvalue weighted by Gasteiger charge is 2.21. The second kappa shape index (κ2) is 11.7. The number of nitrogens with zero attached hydrogens (tertiary/aromatic N) is 5. The first-order chi connectivity index (χ1) is 20.5. The summed E-state index contributed by atoms with van der Waals surface area (Å²) in [4.78, 5) is 36.9. The van der Waals surface area contributed by atoms with E-state index in [4.69, 9.17) is 10.5 Å². The third-order valence-corrected chi connectivity index (χ3v) is 7.18. The van der Waals surface area contributed by atoms with Crippen molar-refractivity contribution in [2.75, 3.05) is 30.8 Å². The zero-order valence-electron chi connectivity index (χ0n) is 23.2. The quantitative estimate of drug-likeness (QED) is 0.191. The number of rotatable bonds is 10. The molecule has 0 aliphatic heterocycles. The second-order valence-corrected chi connectivity index (χ2v) is 10.2.